The lowest BCUT2D eigenvalue weighted by molar-refractivity contribution is -0.00830. The molecule has 3 rings (SSSR count). The van der Waals surface area contributed by atoms with Crippen molar-refractivity contribution >= 4 is 17.7 Å². The van der Waals surface area contributed by atoms with E-state index in [9.17, 15) is 4.79 Å². The Labute approximate surface area is 162 Å². The Balaban J connectivity index is 1.79. The highest BCUT2D eigenvalue weighted by molar-refractivity contribution is 8.03. The first-order valence-electron chi connectivity index (χ1n) is 8.57. The third-order valence-electron chi connectivity index (χ3n) is 3.77. The molecule has 4 nitrogen and oxygen atoms in total. The number of allylic oxidation sites excluding steroid dienone is 9. The summed E-state index contributed by atoms with van der Waals surface area (Å²) in [6.07, 6.45) is 19.4. The second-order valence-electron chi connectivity index (χ2n) is 5.73. The molecular weight excluding hydrogens is 360 g/mol. The molecule has 27 heavy (non-hydrogen) atoms. The van der Waals surface area contributed by atoms with E-state index >= 15 is 0 Å². The van der Waals surface area contributed by atoms with Gasteiger partial charge in [0.15, 0.2) is 6.29 Å². The smallest absolute Gasteiger partial charge is 0.335 e. The first kappa shape index (κ1) is 19.2. The fourth-order valence-electron chi connectivity index (χ4n) is 2.45. The minimum Gasteiger partial charge on any atom is -0.478 e. The van der Waals surface area contributed by atoms with Crippen molar-refractivity contribution in [2.24, 2.45) is 0 Å². The number of thioether (sulfide) groups is 1. The van der Waals surface area contributed by atoms with Crippen molar-refractivity contribution in [2.75, 3.05) is 13.2 Å². The lowest BCUT2D eigenvalue weighted by Gasteiger charge is -2.09. The summed E-state index contributed by atoms with van der Waals surface area (Å²) in [5.41, 5.74) is 1.23. The standard InChI is InChI=1S/C22H20O4S/c23-21(24)17-11-13-20(14-12-17)27-19-9-5-3-1-2-4-7-18(8-6-10-19)22-25-15-16-26-22/h1-14,22H,15-16H2,(H,23,24)/b2-1-,3-1?,4-2?,5-3-,7-4-,8-6?,9-5?,10-6?,18-7?,18-8+,19-9?,19-10?. The first-order chi connectivity index (χ1) is 13.2. The van der Waals surface area contributed by atoms with Crippen LogP contribution in [0.5, 0.6) is 0 Å². The molecule has 0 unspecified atom stereocenters. The van der Waals surface area contributed by atoms with E-state index in [1.54, 1.807) is 23.9 Å². The van der Waals surface area contributed by atoms with Crippen LogP contribution in [0.4, 0.5) is 0 Å². The second-order valence-corrected chi connectivity index (χ2v) is 6.88. The highest BCUT2D eigenvalue weighted by Crippen LogP contribution is 2.28. The molecule has 0 bridgehead atoms. The van der Waals surface area contributed by atoms with Crippen LogP contribution in [0, 0.1) is 0 Å². The van der Waals surface area contributed by atoms with Gasteiger partial charge in [-0.15, -0.1) is 0 Å². The van der Waals surface area contributed by atoms with E-state index in [-0.39, 0.29) is 11.9 Å². The Kier molecular flexibility index (Phi) is 7.04. The van der Waals surface area contributed by atoms with E-state index in [2.05, 4.69) is 0 Å². The predicted octanol–water partition coefficient (Wildman–Crippen LogP) is 4.90. The fourth-order valence-corrected chi connectivity index (χ4v) is 3.29. The number of benzene rings is 1. The maximum absolute atomic E-state index is 11.0. The third kappa shape index (κ3) is 5.96. The van der Waals surface area contributed by atoms with Crippen molar-refractivity contribution in [3.8, 4) is 0 Å². The van der Waals surface area contributed by atoms with Gasteiger partial charge in [-0.05, 0) is 36.4 Å². The van der Waals surface area contributed by atoms with Gasteiger partial charge in [-0.2, -0.15) is 0 Å². The largest absolute Gasteiger partial charge is 0.478 e. The van der Waals surface area contributed by atoms with E-state index in [4.69, 9.17) is 14.6 Å². The Morgan fingerprint density at radius 1 is 0.889 bits per heavy atom. The van der Waals surface area contributed by atoms with Gasteiger partial charge in [-0.1, -0.05) is 60.4 Å². The number of hydrogen-bond donors (Lipinski definition) is 1. The maximum Gasteiger partial charge on any atom is 0.335 e. The van der Waals surface area contributed by atoms with Crippen LogP contribution in [0.2, 0.25) is 0 Å². The van der Waals surface area contributed by atoms with E-state index in [1.807, 2.05) is 72.9 Å². The predicted molar refractivity (Wildman–Crippen MR) is 108 cm³/mol. The van der Waals surface area contributed by atoms with Gasteiger partial charge >= 0.3 is 5.97 Å². The summed E-state index contributed by atoms with van der Waals surface area (Å²) in [4.78, 5) is 13.0. The van der Waals surface area contributed by atoms with E-state index in [0.717, 1.165) is 15.4 Å². The van der Waals surface area contributed by atoms with Crippen molar-refractivity contribution in [1.29, 1.82) is 0 Å². The Bertz CT molecular complexity index is 836. The summed E-state index contributed by atoms with van der Waals surface area (Å²) >= 11 is 1.57. The van der Waals surface area contributed by atoms with Gasteiger partial charge in [-0.3, -0.25) is 0 Å². The molecule has 1 fully saturated rings. The maximum atomic E-state index is 11.0. The number of rotatable bonds is 4. The lowest BCUT2D eigenvalue weighted by atomic mass is 10.2. The van der Waals surface area contributed by atoms with Crippen molar-refractivity contribution in [1.82, 2.24) is 0 Å². The number of carboxylic acids is 1. The van der Waals surface area contributed by atoms with Gasteiger partial charge in [0, 0.05) is 15.4 Å². The number of carbonyl (C=O) groups is 1. The van der Waals surface area contributed by atoms with Gasteiger partial charge in [0.2, 0.25) is 0 Å². The number of aromatic carboxylic acids is 1. The van der Waals surface area contributed by atoms with Crippen LogP contribution in [0.15, 0.2) is 100 Å². The number of hydrogen-bond acceptors (Lipinski definition) is 4. The molecule has 0 spiro atoms. The summed E-state index contributed by atoms with van der Waals surface area (Å²) in [7, 11) is 0. The van der Waals surface area contributed by atoms with Crippen LogP contribution in [0.3, 0.4) is 0 Å². The average Bonchev–Trinajstić information content (AvgIpc) is 3.19. The van der Waals surface area contributed by atoms with Gasteiger partial charge in [0.1, 0.15) is 0 Å². The normalized spacial score (nSPS) is 23.4. The van der Waals surface area contributed by atoms with Crippen LogP contribution in [-0.4, -0.2) is 30.6 Å². The summed E-state index contributed by atoms with van der Waals surface area (Å²) < 4.78 is 11.2. The van der Waals surface area contributed by atoms with E-state index < -0.39 is 5.97 Å². The van der Waals surface area contributed by atoms with Gasteiger partial charge in [-0.25, -0.2) is 4.79 Å². The molecule has 0 amide bonds. The molecule has 0 aromatic heterocycles. The summed E-state index contributed by atoms with van der Waals surface area (Å²) in [6.45, 7) is 1.21. The third-order valence-corrected chi connectivity index (χ3v) is 4.79. The zero-order valence-corrected chi connectivity index (χ0v) is 15.5. The molecule has 5 heteroatoms. The molecule has 1 aliphatic carbocycles. The highest BCUT2D eigenvalue weighted by atomic mass is 32.2. The zero-order valence-electron chi connectivity index (χ0n) is 14.7. The van der Waals surface area contributed by atoms with Crippen LogP contribution in [0.25, 0.3) is 0 Å². The summed E-state index contributed by atoms with van der Waals surface area (Å²) in [6, 6.07) is 6.85. The van der Waals surface area contributed by atoms with Gasteiger partial charge in [0.05, 0.1) is 18.8 Å². The molecule has 0 saturated carbocycles. The second kappa shape index (κ2) is 9.92. The average molecular weight is 380 g/mol. The van der Waals surface area contributed by atoms with E-state index in [0.29, 0.717) is 13.2 Å². The minimum absolute atomic E-state index is 0.281. The first-order valence-corrected chi connectivity index (χ1v) is 9.38. The Hall–Kier alpha value is -2.60. The van der Waals surface area contributed by atoms with Crippen molar-refractivity contribution in [3.63, 3.8) is 0 Å². The van der Waals surface area contributed by atoms with Crippen LogP contribution < -0.4 is 0 Å². The van der Waals surface area contributed by atoms with Crippen molar-refractivity contribution < 1.29 is 19.4 Å². The molecule has 138 valence electrons. The summed E-state index contributed by atoms with van der Waals surface area (Å²) in [5, 5.41) is 9.01. The Morgan fingerprint density at radius 2 is 1.59 bits per heavy atom. The molecule has 1 saturated heterocycles. The summed E-state index contributed by atoms with van der Waals surface area (Å²) in [5.74, 6) is -0.923. The molecule has 1 N–H and O–H groups in total. The van der Waals surface area contributed by atoms with Crippen LogP contribution in [0.1, 0.15) is 10.4 Å². The van der Waals surface area contributed by atoms with Crippen LogP contribution in [-0.2, 0) is 9.47 Å². The van der Waals surface area contributed by atoms with Crippen LogP contribution >= 0.6 is 11.8 Å². The van der Waals surface area contributed by atoms with Gasteiger partial charge in [0.25, 0.3) is 0 Å². The van der Waals surface area contributed by atoms with E-state index in [1.165, 1.54) is 0 Å². The van der Waals surface area contributed by atoms with Crippen molar-refractivity contribution in [3.05, 3.63) is 101 Å². The Morgan fingerprint density at radius 3 is 2.33 bits per heavy atom. The molecule has 2 aliphatic rings. The number of carboxylic acid groups (broad SMARTS) is 1. The molecule has 1 aromatic rings. The number of ether oxygens (including phenoxy) is 2. The quantitative estimate of drug-likeness (QED) is 0.805. The molecular formula is C22H20O4S. The van der Waals surface area contributed by atoms with Gasteiger partial charge < -0.3 is 14.6 Å². The SMILES string of the molecule is O=C(O)c1ccc(SC2=C\C=C/C=C\C=C/C(C3OCCO3)=C\C=C2)cc1. The molecule has 1 heterocycles. The zero-order chi connectivity index (χ0) is 18.9. The molecule has 0 atom stereocenters. The highest BCUT2D eigenvalue weighted by Gasteiger charge is 2.18. The topological polar surface area (TPSA) is 55.8 Å². The van der Waals surface area contributed by atoms with Crippen molar-refractivity contribution in [2.45, 2.75) is 11.2 Å². The minimum atomic E-state index is -0.923. The monoisotopic (exact) mass is 380 g/mol. The molecule has 0 radical (unpaired) electrons. The molecule has 1 aromatic carbocycles. The molecule has 1 aliphatic heterocycles. The lowest BCUT2D eigenvalue weighted by Crippen LogP contribution is -2.09. The fraction of sp³-hybridized carbons (Fsp3) is 0.136.